The van der Waals surface area contributed by atoms with E-state index in [9.17, 15) is 18.0 Å². The molecule has 188 valence electrons. The average Bonchev–Trinajstić information content (AvgIpc) is 3.23. The molecule has 0 spiro atoms. The molecule has 2 aromatic heterocycles. The Morgan fingerprint density at radius 2 is 1.97 bits per heavy atom. The van der Waals surface area contributed by atoms with Crippen LogP contribution in [0, 0.1) is 6.92 Å². The highest BCUT2D eigenvalue weighted by Gasteiger charge is 2.31. The Bertz CT molecular complexity index is 1190. The minimum absolute atomic E-state index is 0.152. The number of nitrogens with zero attached hydrogens (tertiary/aromatic N) is 3. The van der Waals surface area contributed by atoms with Crippen molar-refractivity contribution in [2.45, 2.75) is 45.0 Å². The van der Waals surface area contributed by atoms with E-state index in [1.54, 1.807) is 5.38 Å². The predicted octanol–water partition coefficient (Wildman–Crippen LogP) is 5.61. The lowest BCUT2D eigenvalue weighted by atomic mass is 10.0. The van der Waals surface area contributed by atoms with Crippen LogP contribution in [0.25, 0.3) is 10.9 Å². The standard InChI is InChI=1S/C25H29F3N4O2S/c1-16-12-22(32-10-8-19(9-11-32)31(2)3)30-21-6-5-18(14-20(16)21)29-23(33)7-4-17-13-24(35-15-17)34-25(26,27)28/h5-6,12-15,19H,4,7-11H2,1-3H3,(H,29,33). The summed E-state index contributed by atoms with van der Waals surface area (Å²) < 4.78 is 40.9. The van der Waals surface area contributed by atoms with Crippen LogP contribution < -0.4 is 15.0 Å². The third-order valence-corrected chi connectivity index (χ3v) is 7.15. The number of hydrogen-bond acceptors (Lipinski definition) is 6. The Kier molecular flexibility index (Phi) is 7.51. The highest BCUT2D eigenvalue weighted by molar-refractivity contribution is 7.12. The van der Waals surface area contributed by atoms with Gasteiger partial charge in [0.05, 0.1) is 5.52 Å². The normalized spacial score (nSPS) is 15.1. The van der Waals surface area contributed by atoms with Gasteiger partial charge in [-0.15, -0.1) is 24.5 Å². The lowest BCUT2D eigenvalue weighted by Gasteiger charge is -2.36. The molecule has 0 bridgehead atoms. The fourth-order valence-corrected chi connectivity index (χ4v) is 5.18. The van der Waals surface area contributed by atoms with Gasteiger partial charge in [0.25, 0.3) is 0 Å². The van der Waals surface area contributed by atoms with Crippen molar-refractivity contribution in [3.63, 3.8) is 0 Å². The van der Waals surface area contributed by atoms with Crippen LogP contribution in [-0.4, -0.2) is 55.4 Å². The van der Waals surface area contributed by atoms with Gasteiger partial charge in [-0.2, -0.15) is 0 Å². The number of alkyl halides is 3. The van der Waals surface area contributed by atoms with Gasteiger partial charge in [0, 0.05) is 36.6 Å². The molecule has 3 heterocycles. The molecule has 6 nitrogen and oxygen atoms in total. The molecule has 0 saturated carbocycles. The second kappa shape index (κ2) is 10.4. The van der Waals surface area contributed by atoms with Crippen molar-refractivity contribution < 1.29 is 22.7 Å². The number of carbonyl (C=O) groups excluding carboxylic acids is 1. The Hall–Kier alpha value is -2.85. The largest absolute Gasteiger partial charge is 0.573 e. The molecule has 1 N–H and O–H groups in total. The summed E-state index contributed by atoms with van der Waals surface area (Å²) in [6.45, 7) is 3.99. The quantitative estimate of drug-likeness (QED) is 0.452. The average molecular weight is 507 g/mol. The van der Waals surface area contributed by atoms with Crippen LogP contribution in [0.5, 0.6) is 5.06 Å². The molecule has 0 radical (unpaired) electrons. The molecule has 1 fully saturated rings. The number of aryl methyl sites for hydroxylation is 2. The number of ether oxygens (including phenoxy) is 1. The lowest BCUT2D eigenvalue weighted by Crippen LogP contribution is -2.42. The molecular weight excluding hydrogens is 477 g/mol. The second-order valence-electron chi connectivity index (χ2n) is 9.08. The summed E-state index contributed by atoms with van der Waals surface area (Å²) in [6.07, 6.45) is -2.02. The van der Waals surface area contributed by atoms with Gasteiger partial charge >= 0.3 is 6.36 Å². The van der Waals surface area contributed by atoms with Crippen molar-refractivity contribution in [1.29, 1.82) is 0 Å². The number of aromatic nitrogens is 1. The molecule has 1 aliphatic rings. The zero-order valence-electron chi connectivity index (χ0n) is 20.0. The summed E-state index contributed by atoms with van der Waals surface area (Å²) in [6, 6.07) is 9.67. The number of piperidine rings is 1. The van der Waals surface area contributed by atoms with Crippen LogP contribution in [0.3, 0.4) is 0 Å². The number of hydrogen-bond donors (Lipinski definition) is 1. The van der Waals surface area contributed by atoms with Crippen LogP contribution in [0.1, 0.15) is 30.4 Å². The Morgan fingerprint density at radius 3 is 2.66 bits per heavy atom. The number of thiophene rings is 1. The molecule has 0 aliphatic carbocycles. The van der Waals surface area contributed by atoms with Gasteiger partial charge in [-0.25, -0.2) is 4.98 Å². The fraction of sp³-hybridized carbons (Fsp3) is 0.440. The van der Waals surface area contributed by atoms with Crippen LogP contribution in [0.2, 0.25) is 0 Å². The fourth-order valence-electron chi connectivity index (χ4n) is 4.36. The molecule has 3 aromatic rings. The second-order valence-corrected chi connectivity index (χ2v) is 9.95. The molecule has 35 heavy (non-hydrogen) atoms. The summed E-state index contributed by atoms with van der Waals surface area (Å²) >= 11 is 0.861. The van der Waals surface area contributed by atoms with Gasteiger partial charge in [0.2, 0.25) is 5.91 Å². The molecule has 0 unspecified atom stereocenters. The van der Waals surface area contributed by atoms with Crippen molar-refractivity contribution in [1.82, 2.24) is 9.88 Å². The summed E-state index contributed by atoms with van der Waals surface area (Å²) in [4.78, 5) is 21.9. The van der Waals surface area contributed by atoms with E-state index < -0.39 is 6.36 Å². The van der Waals surface area contributed by atoms with Crippen LogP contribution in [-0.2, 0) is 11.2 Å². The SMILES string of the molecule is Cc1cc(N2CCC(N(C)C)CC2)nc2ccc(NC(=O)CCc3csc(OC(F)(F)F)c3)cc12. The first-order chi connectivity index (χ1) is 16.6. The van der Waals surface area contributed by atoms with Gasteiger partial charge in [-0.1, -0.05) is 0 Å². The first-order valence-electron chi connectivity index (χ1n) is 11.5. The number of halogens is 3. The Balaban J connectivity index is 1.36. The van der Waals surface area contributed by atoms with Gasteiger partial charge in [0.1, 0.15) is 5.82 Å². The van der Waals surface area contributed by atoms with E-state index in [1.165, 1.54) is 6.07 Å². The number of benzene rings is 1. The van der Waals surface area contributed by atoms with Crippen LogP contribution in [0.4, 0.5) is 24.7 Å². The van der Waals surface area contributed by atoms with Crippen LogP contribution in [0.15, 0.2) is 35.7 Å². The van der Waals surface area contributed by atoms with E-state index in [0.717, 1.165) is 59.6 Å². The number of rotatable bonds is 7. The zero-order valence-corrected chi connectivity index (χ0v) is 20.8. The summed E-state index contributed by atoms with van der Waals surface area (Å²) in [5, 5.41) is 5.19. The summed E-state index contributed by atoms with van der Waals surface area (Å²) in [5.74, 6) is 0.772. The molecule has 1 aromatic carbocycles. The molecule has 1 saturated heterocycles. The van der Waals surface area contributed by atoms with E-state index in [4.69, 9.17) is 4.98 Å². The predicted molar refractivity (Wildman–Crippen MR) is 133 cm³/mol. The minimum Gasteiger partial charge on any atom is -0.396 e. The number of amides is 1. The van der Waals surface area contributed by atoms with Crippen molar-refractivity contribution >= 4 is 39.7 Å². The summed E-state index contributed by atoms with van der Waals surface area (Å²) in [5.41, 5.74) is 3.26. The van der Waals surface area contributed by atoms with E-state index >= 15 is 0 Å². The minimum atomic E-state index is -4.72. The van der Waals surface area contributed by atoms with Crippen molar-refractivity contribution in [2.24, 2.45) is 0 Å². The number of nitrogens with one attached hydrogen (secondary N) is 1. The highest BCUT2D eigenvalue weighted by atomic mass is 32.1. The molecule has 1 aliphatic heterocycles. The van der Waals surface area contributed by atoms with Crippen molar-refractivity contribution in [3.8, 4) is 5.06 Å². The van der Waals surface area contributed by atoms with E-state index in [0.29, 0.717) is 23.7 Å². The van der Waals surface area contributed by atoms with Crippen molar-refractivity contribution in [2.75, 3.05) is 37.4 Å². The topological polar surface area (TPSA) is 57.7 Å². The first kappa shape index (κ1) is 25.2. The Morgan fingerprint density at radius 1 is 1.23 bits per heavy atom. The highest BCUT2D eigenvalue weighted by Crippen LogP contribution is 2.30. The lowest BCUT2D eigenvalue weighted by molar-refractivity contribution is -0.273. The monoisotopic (exact) mass is 506 g/mol. The van der Waals surface area contributed by atoms with Crippen molar-refractivity contribution in [3.05, 3.63) is 46.8 Å². The number of fused-ring (bicyclic) bond motifs is 1. The van der Waals surface area contributed by atoms with Gasteiger partial charge in [-0.3, -0.25) is 4.79 Å². The number of pyridine rings is 1. The number of carbonyl (C=O) groups is 1. The van der Waals surface area contributed by atoms with Gasteiger partial charge < -0.3 is 19.9 Å². The molecular formula is C25H29F3N4O2S. The molecule has 10 heteroatoms. The smallest absolute Gasteiger partial charge is 0.396 e. The third kappa shape index (κ3) is 6.64. The molecule has 1 amide bonds. The third-order valence-electron chi connectivity index (χ3n) is 6.29. The van der Waals surface area contributed by atoms with E-state index in [1.807, 2.05) is 25.1 Å². The zero-order chi connectivity index (χ0) is 25.2. The molecule has 4 rings (SSSR count). The number of anilines is 2. The maximum absolute atomic E-state index is 12.4. The maximum Gasteiger partial charge on any atom is 0.573 e. The van der Waals surface area contributed by atoms with E-state index in [2.05, 4.69) is 40.0 Å². The van der Waals surface area contributed by atoms with E-state index in [-0.39, 0.29) is 17.4 Å². The maximum atomic E-state index is 12.4. The van der Waals surface area contributed by atoms with Gasteiger partial charge in [-0.05, 0) is 87.1 Å². The first-order valence-corrected chi connectivity index (χ1v) is 12.4. The van der Waals surface area contributed by atoms with Crippen LogP contribution >= 0.6 is 11.3 Å². The summed E-state index contributed by atoms with van der Waals surface area (Å²) in [7, 11) is 4.25. The Labute approximate surface area is 206 Å². The van der Waals surface area contributed by atoms with Gasteiger partial charge in [0.15, 0.2) is 5.06 Å². The molecule has 0 atom stereocenters.